The van der Waals surface area contributed by atoms with Crippen LogP contribution in [0.3, 0.4) is 0 Å². The molecule has 2 unspecified atom stereocenters. The van der Waals surface area contributed by atoms with Gasteiger partial charge < -0.3 is 5.32 Å². The van der Waals surface area contributed by atoms with Gasteiger partial charge in [0.2, 0.25) is 0 Å². The summed E-state index contributed by atoms with van der Waals surface area (Å²) in [7, 11) is -0.733. The molecule has 1 heterocycles. The first-order chi connectivity index (χ1) is 8.38. The van der Waals surface area contributed by atoms with Gasteiger partial charge in [0.05, 0.1) is 0 Å². The van der Waals surface area contributed by atoms with Crippen molar-refractivity contribution in [2.24, 2.45) is 0 Å². The molecule has 1 aromatic heterocycles. The maximum atomic E-state index is 11.1. The molecule has 0 spiro atoms. The Morgan fingerprint density at radius 1 is 1.33 bits per heavy atom. The molecular formula is C13H23N3OS. The van der Waals surface area contributed by atoms with E-state index in [0.29, 0.717) is 5.92 Å². The number of rotatable bonds is 6. The van der Waals surface area contributed by atoms with E-state index >= 15 is 0 Å². The average Bonchev–Trinajstić information content (AvgIpc) is 2.25. The number of aryl methyl sites for hydroxylation is 1. The predicted molar refractivity (Wildman–Crippen MR) is 77.5 cm³/mol. The molecule has 1 rings (SSSR count). The normalized spacial score (nSPS) is 14.6. The van der Waals surface area contributed by atoms with Crippen molar-refractivity contribution in [3.8, 4) is 0 Å². The Hall–Kier alpha value is -0.970. The third-order valence-corrected chi connectivity index (χ3v) is 3.43. The molecule has 0 aliphatic rings. The first-order valence-corrected chi connectivity index (χ1v) is 8.03. The highest BCUT2D eigenvalue weighted by molar-refractivity contribution is 7.84. The summed E-state index contributed by atoms with van der Waals surface area (Å²) in [4.78, 5) is 8.92. The fraction of sp³-hybridized carbons (Fsp3) is 0.692. The molecule has 0 fully saturated rings. The number of aromatic nitrogens is 2. The second-order valence-electron chi connectivity index (χ2n) is 5.02. The summed E-state index contributed by atoms with van der Waals surface area (Å²) in [5, 5.41) is 3.35. The SMILES string of the molecule is Cc1cc(NC(C)CCS(C)=O)nc(C(C)C)n1. The Labute approximate surface area is 112 Å². The molecule has 0 aliphatic heterocycles. The molecule has 5 heteroatoms. The van der Waals surface area contributed by atoms with Crippen LogP contribution in [0.15, 0.2) is 6.07 Å². The Morgan fingerprint density at radius 3 is 2.56 bits per heavy atom. The van der Waals surface area contributed by atoms with E-state index in [4.69, 9.17) is 0 Å². The summed E-state index contributed by atoms with van der Waals surface area (Å²) in [6.07, 6.45) is 2.61. The van der Waals surface area contributed by atoms with Gasteiger partial charge in [-0.2, -0.15) is 0 Å². The second kappa shape index (κ2) is 6.83. The Morgan fingerprint density at radius 2 is 2.00 bits per heavy atom. The van der Waals surface area contributed by atoms with E-state index < -0.39 is 10.8 Å². The fourth-order valence-electron chi connectivity index (χ4n) is 1.59. The number of hydrogen-bond acceptors (Lipinski definition) is 4. The third kappa shape index (κ3) is 5.12. The van der Waals surface area contributed by atoms with E-state index in [9.17, 15) is 4.21 Å². The van der Waals surface area contributed by atoms with E-state index in [1.54, 1.807) is 6.26 Å². The molecule has 102 valence electrons. The first-order valence-electron chi connectivity index (χ1n) is 6.30. The molecule has 0 bridgehead atoms. The summed E-state index contributed by atoms with van der Waals surface area (Å²) in [5.74, 6) is 2.77. The zero-order chi connectivity index (χ0) is 13.7. The largest absolute Gasteiger partial charge is 0.367 e. The topological polar surface area (TPSA) is 54.9 Å². The summed E-state index contributed by atoms with van der Waals surface area (Å²) in [5.41, 5.74) is 0.975. The Bertz CT molecular complexity index is 421. The third-order valence-electron chi connectivity index (χ3n) is 2.62. The molecule has 0 saturated carbocycles. The Kier molecular flexibility index (Phi) is 5.72. The minimum atomic E-state index is -0.733. The molecule has 4 nitrogen and oxygen atoms in total. The highest BCUT2D eigenvalue weighted by Crippen LogP contribution is 2.14. The van der Waals surface area contributed by atoms with Crippen LogP contribution in [0.1, 0.15) is 44.6 Å². The van der Waals surface area contributed by atoms with Crippen LogP contribution in [0.5, 0.6) is 0 Å². The van der Waals surface area contributed by atoms with E-state index in [-0.39, 0.29) is 6.04 Å². The summed E-state index contributed by atoms with van der Waals surface area (Å²) in [6.45, 7) is 8.23. The maximum Gasteiger partial charge on any atom is 0.133 e. The van der Waals surface area contributed by atoms with Crippen LogP contribution < -0.4 is 5.32 Å². The number of nitrogens with zero attached hydrogens (tertiary/aromatic N) is 2. The van der Waals surface area contributed by atoms with Crippen LogP contribution in [0.4, 0.5) is 5.82 Å². The van der Waals surface area contributed by atoms with E-state index in [1.807, 2.05) is 13.0 Å². The van der Waals surface area contributed by atoms with Gasteiger partial charge in [0.25, 0.3) is 0 Å². The van der Waals surface area contributed by atoms with E-state index in [0.717, 1.165) is 29.5 Å². The molecular weight excluding hydrogens is 246 g/mol. The molecule has 0 aromatic carbocycles. The smallest absolute Gasteiger partial charge is 0.133 e. The zero-order valence-electron chi connectivity index (χ0n) is 11.9. The lowest BCUT2D eigenvalue weighted by molar-refractivity contribution is 0.677. The van der Waals surface area contributed by atoms with Crippen molar-refractivity contribution >= 4 is 16.6 Å². The Balaban J connectivity index is 2.69. The van der Waals surface area contributed by atoms with Gasteiger partial charge >= 0.3 is 0 Å². The maximum absolute atomic E-state index is 11.1. The van der Waals surface area contributed by atoms with Gasteiger partial charge in [-0.05, 0) is 20.3 Å². The van der Waals surface area contributed by atoms with Crippen LogP contribution >= 0.6 is 0 Å². The minimum absolute atomic E-state index is 0.267. The molecule has 2 atom stereocenters. The van der Waals surface area contributed by atoms with Crippen LogP contribution in [0.2, 0.25) is 0 Å². The quantitative estimate of drug-likeness (QED) is 0.862. The standard InChI is InChI=1S/C13H23N3OS/c1-9(2)13-15-11(4)8-12(16-13)14-10(3)6-7-18(5)17/h8-10H,6-7H2,1-5H3,(H,14,15,16). The average molecular weight is 269 g/mol. The number of nitrogens with one attached hydrogen (secondary N) is 1. The van der Waals surface area contributed by atoms with Crippen molar-refractivity contribution in [3.63, 3.8) is 0 Å². The first kappa shape index (κ1) is 15.1. The van der Waals surface area contributed by atoms with Crippen molar-refractivity contribution in [1.29, 1.82) is 0 Å². The monoisotopic (exact) mass is 269 g/mol. The second-order valence-corrected chi connectivity index (χ2v) is 6.57. The molecule has 18 heavy (non-hydrogen) atoms. The number of anilines is 1. The predicted octanol–water partition coefficient (Wildman–Crippen LogP) is 2.48. The van der Waals surface area contributed by atoms with Gasteiger partial charge in [-0.25, -0.2) is 9.97 Å². The molecule has 0 saturated heterocycles. The van der Waals surface area contributed by atoms with Crippen LogP contribution in [0, 0.1) is 6.92 Å². The minimum Gasteiger partial charge on any atom is -0.367 e. The van der Waals surface area contributed by atoms with E-state index in [1.165, 1.54) is 0 Å². The van der Waals surface area contributed by atoms with Crippen molar-refractivity contribution in [3.05, 3.63) is 17.6 Å². The van der Waals surface area contributed by atoms with Crippen LogP contribution in [0.25, 0.3) is 0 Å². The van der Waals surface area contributed by atoms with Gasteiger partial charge in [0.15, 0.2) is 0 Å². The lowest BCUT2D eigenvalue weighted by Crippen LogP contribution is -2.19. The van der Waals surface area contributed by atoms with Crippen molar-refractivity contribution in [2.75, 3.05) is 17.3 Å². The molecule has 0 radical (unpaired) electrons. The fourth-order valence-corrected chi connectivity index (χ4v) is 2.28. The summed E-state index contributed by atoms with van der Waals surface area (Å²) >= 11 is 0. The van der Waals surface area contributed by atoms with Crippen LogP contribution in [-0.4, -0.2) is 32.2 Å². The summed E-state index contributed by atoms with van der Waals surface area (Å²) < 4.78 is 11.1. The van der Waals surface area contributed by atoms with Crippen molar-refractivity contribution in [2.45, 2.75) is 46.1 Å². The zero-order valence-corrected chi connectivity index (χ0v) is 12.7. The lowest BCUT2D eigenvalue weighted by Gasteiger charge is -2.15. The van der Waals surface area contributed by atoms with Crippen molar-refractivity contribution in [1.82, 2.24) is 9.97 Å². The van der Waals surface area contributed by atoms with Gasteiger partial charge in [-0.1, -0.05) is 13.8 Å². The summed E-state index contributed by atoms with van der Waals surface area (Å²) in [6, 6.07) is 2.22. The van der Waals surface area contributed by atoms with Gasteiger partial charge in [-0.15, -0.1) is 0 Å². The van der Waals surface area contributed by atoms with Crippen LogP contribution in [-0.2, 0) is 10.8 Å². The van der Waals surface area contributed by atoms with Gasteiger partial charge in [0.1, 0.15) is 11.6 Å². The highest BCUT2D eigenvalue weighted by Gasteiger charge is 2.08. The molecule has 1 N–H and O–H groups in total. The van der Waals surface area contributed by atoms with Gasteiger partial charge in [0, 0.05) is 46.5 Å². The molecule has 0 amide bonds. The molecule has 1 aromatic rings. The lowest BCUT2D eigenvalue weighted by atomic mass is 10.2. The van der Waals surface area contributed by atoms with Gasteiger partial charge in [-0.3, -0.25) is 4.21 Å². The van der Waals surface area contributed by atoms with E-state index in [2.05, 4.69) is 36.1 Å². The number of hydrogen-bond donors (Lipinski definition) is 1. The van der Waals surface area contributed by atoms with Crippen molar-refractivity contribution < 1.29 is 4.21 Å². The molecule has 0 aliphatic carbocycles. The highest BCUT2D eigenvalue weighted by atomic mass is 32.2.